The lowest BCUT2D eigenvalue weighted by Crippen LogP contribution is -2.23. The van der Waals surface area contributed by atoms with Gasteiger partial charge in [-0.1, -0.05) is 0 Å². The first-order valence-corrected chi connectivity index (χ1v) is 8.44. The summed E-state index contributed by atoms with van der Waals surface area (Å²) < 4.78 is 45.4. The van der Waals surface area contributed by atoms with Crippen LogP contribution in [0.4, 0.5) is 18.9 Å². The number of benzene rings is 1. The molecule has 152 valence electrons. The fourth-order valence-corrected chi connectivity index (χ4v) is 2.60. The van der Waals surface area contributed by atoms with E-state index in [0.717, 1.165) is 25.7 Å². The SMILES string of the molecule is I.NC(=NCCCC(=O)OC1CCCC1)Nc1ccc(OC(F)(F)F)cc1. The smallest absolute Gasteiger partial charge is 0.462 e. The van der Waals surface area contributed by atoms with Gasteiger partial charge in [0.05, 0.1) is 0 Å². The van der Waals surface area contributed by atoms with Gasteiger partial charge in [0.1, 0.15) is 11.9 Å². The lowest BCUT2D eigenvalue weighted by Gasteiger charge is -2.11. The minimum absolute atomic E-state index is 0. The molecule has 3 N–H and O–H groups in total. The maximum absolute atomic E-state index is 12.1. The van der Waals surface area contributed by atoms with Gasteiger partial charge in [0.15, 0.2) is 5.96 Å². The lowest BCUT2D eigenvalue weighted by atomic mass is 10.3. The standard InChI is InChI=1S/C17H22F3N3O3.HI/c18-17(19,20)26-14-9-7-12(8-10-14)23-16(21)22-11-3-6-15(24)25-13-4-1-2-5-13;/h7-10,13H,1-6,11H2,(H3,21,22,23);1H. The molecule has 0 spiro atoms. The Labute approximate surface area is 172 Å². The van der Waals surface area contributed by atoms with Gasteiger partial charge < -0.3 is 20.5 Å². The number of carbonyl (C=O) groups excluding carboxylic acids is 1. The van der Waals surface area contributed by atoms with E-state index in [1.54, 1.807) is 0 Å². The van der Waals surface area contributed by atoms with Gasteiger partial charge in [0.2, 0.25) is 0 Å². The predicted octanol–water partition coefficient (Wildman–Crippen LogP) is 4.20. The summed E-state index contributed by atoms with van der Waals surface area (Å²) in [7, 11) is 0. The van der Waals surface area contributed by atoms with Gasteiger partial charge in [-0.3, -0.25) is 9.79 Å². The van der Waals surface area contributed by atoms with Crippen LogP contribution in [0.1, 0.15) is 38.5 Å². The Morgan fingerprint density at radius 2 is 1.85 bits per heavy atom. The van der Waals surface area contributed by atoms with Crippen molar-refractivity contribution in [2.45, 2.75) is 51.0 Å². The summed E-state index contributed by atoms with van der Waals surface area (Å²) in [5.41, 5.74) is 6.18. The highest BCUT2D eigenvalue weighted by atomic mass is 127. The number of hydrogen-bond donors (Lipinski definition) is 2. The topological polar surface area (TPSA) is 85.9 Å². The summed E-state index contributed by atoms with van der Waals surface area (Å²) in [5, 5.41) is 2.75. The molecule has 1 aliphatic rings. The largest absolute Gasteiger partial charge is 0.573 e. The van der Waals surface area contributed by atoms with E-state index in [-0.39, 0.29) is 54.2 Å². The van der Waals surface area contributed by atoms with Gasteiger partial charge in [-0.15, -0.1) is 37.1 Å². The number of nitrogens with two attached hydrogens (primary N) is 1. The Kier molecular flexibility index (Phi) is 9.67. The molecule has 0 saturated heterocycles. The lowest BCUT2D eigenvalue weighted by molar-refractivity contribution is -0.274. The van der Waals surface area contributed by atoms with Crippen LogP contribution in [-0.4, -0.2) is 30.9 Å². The van der Waals surface area contributed by atoms with Crippen LogP contribution in [0, 0.1) is 0 Å². The third-order valence-electron chi connectivity index (χ3n) is 3.78. The number of halogens is 4. The first-order valence-electron chi connectivity index (χ1n) is 8.44. The number of hydrogen-bond acceptors (Lipinski definition) is 4. The van der Waals surface area contributed by atoms with Gasteiger partial charge in [0.25, 0.3) is 0 Å². The molecule has 0 unspecified atom stereocenters. The molecule has 1 aromatic rings. The van der Waals surface area contributed by atoms with Crippen LogP contribution in [-0.2, 0) is 9.53 Å². The second-order valence-corrected chi connectivity index (χ2v) is 5.96. The molecule has 0 bridgehead atoms. The molecule has 1 aliphatic carbocycles. The minimum Gasteiger partial charge on any atom is -0.462 e. The van der Waals surface area contributed by atoms with E-state index in [9.17, 15) is 18.0 Å². The molecule has 0 aromatic heterocycles. The van der Waals surface area contributed by atoms with Crippen molar-refractivity contribution in [2.75, 3.05) is 11.9 Å². The van der Waals surface area contributed by atoms with Crippen LogP contribution in [0.25, 0.3) is 0 Å². The first kappa shape index (κ1) is 23.3. The van der Waals surface area contributed by atoms with E-state index >= 15 is 0 Å². The molecule has 1 aromatic carbocycles. The third-order valence-corrected chi connectivity index (χ3v) is 3.78. The molecule has 0 heterocycles. The van der Waals surface area contributed by atoms with Crippen LogP contribution in [0.2, 0.25) is 0 Å². The van der Waals surface area contributed by atoms with Gasteiger partial charge in [0, 0.05) is 18.7 Å². The molecule has 2 rings (SSSR count). The predicted molar refractivity (Wildman–Crippen MR) is 106 cm³/mol. The van der Waals surface area contributed by atoms with Gasteiger partial charge in [-0.05, 0) is 56.4 Å². The average Bonchev–Trinajstić information content (AvgIpc) is 3.05. The molecular weight excluding hydrogens is 478 g/mol. The Morgan fingerprint density at radius 3 is 2.44 bits per heavy atom. The number of esters is 1. The van der Waals surface area contributed by atoms with Crippen molar-refractivity contribution in [1.29, 1.82) is 0 Å². The zero-order chi connectivity index (χ0) is 19.0. The number of nitrogens with one attached hydrogen (secondary N) is 1. The van der Waals surface area contributed by atoms with Crippen LogP contribution in [0.15, 0.2) is 29.3 Å². The molecule has 27 heavy (non-hydrogen) atoms. The third kappa shape index (κ3) is 9.68. The Morgan fingerprint density at radius 1 is 1.22 bits per heavy atom. The maximum atomic E-state index is 12.1. The number of rotatable bonds is 7. The molecular formula is C17H23F3IN3O3. The van der Waals surface area contributed by atoms with E-state index in [1.165, 1.54) is 24.3 Å². The number of guanidine groups is 1. The van der Waals surface area contributed by atoms with Crippen molar-refractivity contribution >= 4 is 41.6 Å². The molecule has 10 heteroatoms. The summed E-state index contributed by atoms with van der Waals surface area (Å²) in [4.78, 5) is 15.7. The normalized spacial score (nSPS) is 15.1. The summed E-state index contributed by atoms with van der Waals surface area (Å²) in [6.07, 6.45) is 0.196. The van der Waals surface area contributed by atoms with E-state index in [0.29, 0.717) is 18.7 Å². The summed E-state index contributed by atoms with van der Waals surface area (Å²) in [6, 6.07) is 5.12. The summed E-state index contributed by atoms with van der Waals surface area (Å²) >= 11 is 0. The highest BCUT2D eigenvalue weighted by Gasteiger charge is 2.30. The van der Waals surface area contributed by atoms with Crippen LogP contribution >= 0.6 is 24.0 Å². The molecule has 1 saturated carbocycles. The van der Waals surface area contributed by atoms with Crippen molar-refractivity contribution in [2.24, 2.45) is 10.7 Å². The van der Waals surface area contributed by atoms with Crippen molar-refractivity contribution in [1.82, 2.24) is 0 Å². The maximum Gasteiger partial charge on any atom is 0.573 e. The molecule has 0 aliphatic heterocycles. The number of alkyl halides is 3. The molecule has 6 nitrogen and oxygen atoms in total. The van der Waals surface area contributed by atoms with Gasteiger partial charge in [-0.2, -0.15) is 0 Å². The number of nitrogens with zero attached hydrogens (tertiary/aromatic N) is 1. The van der Waals surface area contributed by atoms with Gasteiger partial charge in [-0.25, -0.2) is 0 Å². The summed E-state index contributed by atoms with van der Waals surface area (Å²) in [6.45, 7) is 0.341. The average molecular weight is 501 g/mol. The van der Waals surface area contributed by atoms with Crippen LogP contribution < -0.4 is 15.8 Å². The minimum atomic E-state index is -4.73. The Balaban J connectivity index is 0.00000364. The zero-order valence-corrected chi connectivity index (χ0v) is 17.0. The fraction of sp³-hybridized carbons (Fsp3) is 0.529. The van der Waals surface area contributed by atoms with Crippen LogP contribution in [0.5, 0.6) is 5.75 Å². The van der Waals surface area contributed by atoms with E-state index in [4.69, 9.17) is 10.5 Å². The van der Waals surface area contributed by atoms with Crippen molar-refractivity contribution < 1.29 is 27.4 Å². The Bertz CT molecular complexity index is 618. The van der Waals surface area contributed by atoms with Gasteiger partial charge >= 0.3 is 12.3 Å². The molecule has 0 radical (unpaired) electrons. The number of carbonyl (C=O) groups is 1. The van der Waals surface area contributed by atoms with Crippen molar-refractivity contribution in [3.05, 3.63) is 24.3 Å². The first-order chi connectivity index (χ1) is 12.3. The number of aliphatic imine (C=N–C) groups is 1. The molecule has 1 fully saturated rings. The Hall–Kier alpha value is -1.72. The number of anilines is 1. The van der Waals surface area contributed by atoms with Crippen LogP contribution in [0.3, 0.4) is 0 Å². The fourth-order valence-electron chi connectivity index (χ4n) is 2.60. The highest BCUT2D eigenvalue weighted by Crippen LogP contribution is 2.24. The van der Waals surface area contributed by atoms with Crippen molar-refractivity contribution in [3.63, 3.8) is 0 Å². The van der Waals surface area contributed by atoms with E-state index in [2.05, 4.69) is 15.0 Å². The second kappa shape index (κ2) is 11.2. The second-order valence-electron chi connectivity index (χ2n) is 5.96. The molecule has 0 amide bonds. The van der Waals surface area contributed by atoms with E-state index < -0.39 is 6.36 Å². The summed E-state index contributed by atoms with van der Waals surface area (Å²) in [5.74, 6) is -0.433. The zero-order valence-electron chi connectivity index (χ0n) is 14.6. The highest BCUT2D eigenvalue weighted by molar-refractivity contribution is 14.0. The monoisotopic (exact) mass is 501 g/mol. The molecule has 0 atom stereocenters. The quantitative estimate of drug-likeness (QED) is 0.193. The van der Waals surface area contributed by atoms with E-state index in [1.807, 2.05) is 0 Å². The number of ether oxygens (including phenoxy) is 2. The van der Waals surface area contributed by atoms with Crippen molar-refractivity contribution in [3.8, 4) is 5.75 Å².